The number of Topliss-reactive ketones (excluding diaryl/α,β-unsaturated/α-hetero) is 3. The minimum atomic E-state index is -1.88. The molecule has 0 radical (unpaired) electrons. The zero-order chi connectivity index (χ0) is 30.6. The summed E-state index contributed by atoms with van der Waals surface area (Å²) in [4.78, 5) is 57.1. The predicted molar refractivity (Wildman–Crippen MR) is 161 cm³/mol. The Morgan fingerprint density at radius 1 is 0.975 bits per heavy atom. The SMILES string of the molecule is C=CCC1=C(OC(C)=O)[C@]2(CC=C(C)C)C[C@@H](CC=C(C)C)[C@](C)(CCC=C(C)C)[C@](C(=O)C(C)C)(C1=O)C2=O. The van der Waals surface area contributed by atoms with E-state index in [4.69, 9.17) is 4.74 Å². The average Bonchev–Trinajstić information content (AvgIpc) is 2.84. The van der Waals surface area contributed by atoms with Crippen LogP contribution in [0.4, 0.5) is 0 Å². The molecule has 0 aromatic heterocycles. The summed E-state index contributed by atoms with van der Waals surface area (Å²) in [6.07, 6.45) is 10.3. The summed E-state index contributed by atoms with van der Waals surface area (Å²) in [5, 5.41) is 0. The van der Waals surface area contributed by atoms with Gasteiger partial charge in [0.15, 0.2) is 22.8 Å². The highest BCUT2D eigenvalue weighted by Gasteiger charge is 2.76. The van der Waals surface area contributed by atoms with E-state index < -0.39 is 39.7 Å². The van der Waals surface area contributed by atoms with Crippen molar-refractivity contribution in [1.29, 1.82) is 0 Å². The van der Waals surface area contributed by atoms with Crippen LogP contribution in [-0.2, 0) is 23.9 Å². The van der Waals surface area contributed by atoms with Gasteiger partial charge in [0.25, 0.3) is 0 Å². The van der Waals surface area contributed by atoms with Crippen LogP contribution in [0.25, 0.3) is 0 Å². The number of carbonyl (C=O) groups is 4. The number of hydrogen-bond donors (Lipinski definition) is 0. The summed E-state index contributed by atoms with van der Waals surface area (Å²) in [5.41, 5.74) is -0.621. The van der Waals surface area contributed by atoms with Crippen molar-refractivity contribution in [3.8, 4) is 0 Å². The molecule has 2 aliphatic rings. The third kappa shape index (κ3) is 5.80. The first kappa shape index (κ1) is 33.4. The highest BCUT2D eigenvalue weighted by Crippen LogP contribution is 2.68. The first-order chi connectivity index (χ1) is 18.5. The van der Waals surface area contributed by atoms with Crippen molar-refractivity contribution in [2.45, 2.75) is 108 Å². The predicted octanol–water partition coefficient (Wildman–Crippen LogP) is 8.21. The normalized spacial score (nSPS) is 27.7. The fourth-order valence-corrected chi connectivity index (χ4v) is 6.83. The molecule has 0 N–H and O–H groups in total. The molecule has 0 saturated heterocycles. The van der Waals surface area contributed by atoms with Crippen molar-refractivity contribution in [2.24, 2.45) is 28.1 Å². The molecule has 0 unspecified atom stereocenters. The third-order valence-corrected chi connectivity index (χ3v) is 8.83. The van der Waals surface area contributed by atoms with Crippen molar-refractivity contribution in [3.05, 3.63) is 58.9 Å². The zero-order valence-electron chi connectivity index (χ0n) is 26.5. The van der Waals surface area contributed by atoms with Crippen LogP contribution in [0.3, 0.4) is 0 Å². The Bertz CT molecular complexity index is 1180. The van der Waals surface area contributed by atoms with Crippen molar-refractivity contribution in [2.75, 3.05) is 0 Å². The number of hydrogen-bond acceptors (Lipinski definition) is 5. The fourth-order valence-electron chi connectivity index (χ4n) is 6.83. The second-order valence-corrected chi connectivity index (χ2v) is 13.0. The molecule has 220 valence electrons. The van der Waals surface area contributed by atoms with Crippen LogP contribution in [0.2, 0.25) is 0 Å². The van der Waals surface area contributed by atoms with Crippen LogP contribution in [-0.4, -0.2) is 23.3 Å². The Balaban J connectivity index is 3.18. The van der Waals surface area contributed by atoms with Crippen molar-refractivity contribution < 1.29 is 23.9 Å². The number of ether oxygens (including phenoxy) is 1. The van der Waals surface area contributed by atoms with Gasteiger partial charge in [0.1, 0.15) is 5.76 Å². The molecule has 2 bridgehead atoms. The van der Waals surface area contributed by atoms with Gasteiger partial charge < -0.3 is 4.74 Å². The molecule has 0 aliphatic heterocycles. The molecular weight excluding hydrogens is 500 g/mol. The highest BCUT2D eigenvalue weighted by molar-refractivity contribution is 6.33. The van der Waals surface area contributed by atoms with Crippen LogP contribution in [0.15, 0.2) is 58.9 Å². The lowest BCUT2D eigenvalue weighted by Crippen LogP contribution is -2.71. The van der Waals surface area contributed by atoms with Gasteiger partial charge >= 0.3 is 5.97 Å². The second kappa shape index (κ2) is 12.8. The molecule has 1 fully saturated rings. The van der Waals surface area contributed by atoms with Gasteiger partial charge in [-0.25, -0.2) is 0 Å². The zero-order valence-corrected chi connectivity index (χ0v) is 26.5. The van der Waals surface area contributed by atoms with Gasteiger partial charge in [0, 0.05) is 18.4 Å². The molecule has 2 rings (SSSR count). The minimum Gasteiger partial charge on any atom is -0.430 e. The Hall–Kier alpha value is -2.82. The average molecular weight is 551 g/mol. The van der Waals surface area contributed by atoms with E-state index in [1.165, 1.54) is 6.92 Å². The monoisotopic (exact) mass is 550 g/mol. The van der Waals surface area contributed by atoms with E-state index >= 15 is 4.79 Å². The summed E-state index contributed by atoms with van der Waals surface area (Å²) in [5.74, 6) is -2.45. The van der Waals surface area contributed by atoms with Crippen LogP contribution in [0, 0.1) is 28.1 Å². The van der Waals surface area contributed by atoms with Crippen molar-refractivity contribution >= 4 is 23.3 Å². The quantitative estimate of drug-likeness (QED) is 0.139. The van der Waals surface area contributed by atoms with Crippen LogP contribution in [0.5, 0.6) is 0 Å². The summed E-state index contributed by atoms with van der Waals surface area (Å²) in [6, 6.07) is 0. The maximum atomic E-state index is 15.2. The van der Waals surface area contributed by atoms with E-state index in [0.717, 1.165) is 16.7 Å². The van der Waals surface area contributed by atoms with E-state index in [2.05, 4.69) is 18.7 Å². The van der Waals surface area contributed by atoms with Gasteiger partial charge in [0.05, 0.1) is 5.41 Å². The largest absolute Gasteiger partial charge is 0.430 e. The van der Waals surface area contributed by atoms with Crippen molar-refractivity contribution in [3.63, 3.8) is 0 Å². The Morgan fingerprint density at radius 3 is 2.02 bits per heavy atom. The minimum absolute atomic E-state index is 0.112. The molecule has 0 amide bonds. The first-order valence-electron chi connectivity index (χ1n) is 14.6. The van der Waals surface area contributed by atoms with E-state index in [0.29, 0.717) is 25.7 Å². The lowest BCUT2D eigenvalue weighted by Gasteiger charge is -2.61. The number of esters is 1. The van der Waals surface area contributed by atoms with Gasteiger partial charge in [-0.1, -0.05) is 61.8 Å². The number of ketones is 3. The molecule has 0 spiro atoms. The lowest BCUT2D eigenvalue weighted by atomic mass is 9.38. The maximum Gasteiger partial charge on any atom is 0.307 e. The number of fused-ring (bicyclic) bond motifs is 2. The number of rotatable bonds is 12. The topological polar surface area (TPSA) is 77.5 Å². The summed E-state index contributed by atoms with van der Waals surface area (Å²) in [7, 11) is 0. The molecular formula is C35H50O5. The molecule has 4 atom stereocenters. The maximum absolute atomic E-state index is 15.2. The van der Waals surface area contributed by atoms with Gasteiger partial charge in [0.2, 0.25) is 0 Å². The van der Waals surface area contributed by atoms with Gasteiger partial charge in [-0.15, -0.1) is 6.58 Å². The number of carbonyl (C=O) groups excluding carboxylic acids is 4. The molecule has 2 aliphatic carbocycles. The summed E-state index contributed by atoms with van der Waals surface area (Å²) >= 11 is 0. The Labute approximate surface area is 241 Å². The van der Waals surface area contributed by atoms with E-state index in [1.807, 2.05) is 54.5 Å². The Kier molecular flexibility index (Phi) is 10.7. The molecule has 5 nitrogen and oxygen atoms in total. The fraction of sp³-hybridized carbons (Fsp3) is 0.600. The van der Waals surface area contributed by atoms with Crippen LogP contribution < -0.4 is 0 Å². The smallest absolute Gasteiger partial charge is 0.307 e. The highest BCUT2D eigenvalue weighted by atomic mass is 16.5. The third-order valence-electron chi connectivity index (χ3n) is 8.83. The summed E-state index contributed by atoms with van der Waals surface area (Å²) < 4.78 is 5.84. The van der Waals surface area contributed by atoms with E-state index in [9.17, 15) is 14.4 Å². The van der Waals surface area contributed by atoms with Gasteiger partial charge in [-0.3, -0.25) is 19.2 Å². The van der Waals surface area contributed by atoms with Gasteiger partial charge in [-0.2, -0.15) is 0 Å². The van der Waals surface area contributed by atoms with Crippen LogP contribution >= 0.6 is 0 Å². The van der Waals surface area contributed by atoms with Crippen molar-refractivity contribution in [1.82, 2.24) is 0 Å². The molecule has 5 heteroatoms. The first-order valence-corrected chi connectivity index (χ1v) is 14.6. The molecule has 40 heavy (non-hydrogen) atoms. The molecule has 1 saturated carbocycles. The molecule has 0 aromatic carbocycles. The van der Waals surface area contributed by atoms with Crippen LogP contribution in [0.1, 0.15) is 108 Å². The number of allylic oxidation sites excluding steroid dienone is 9. The van der Waals surface area contributed by atoms with E-state index in [1.54, 1.807) is 19.9 Å². The molecule has 0 aromatic rings. The standard InChI is InChI=1S/C35H50O5/c1-12-14-28-30(38)35(29(37)25(8)9)32(39)34(20-18-24(6)7,31(28)40-26(10)36)21-27(17-16-23(4)5)33(35,11)19-13-15-22(2)3/h12,15-16,18,25,27H,1,13-14,17,19-21H2,2-11H3/t27-,33+,34+,35-/m1/s1. The lowest BCUT2D eigenvalue weighted by molar-refractivity contribution is -0.181. The second-order valence-electron chi connectivity index (χ2n) is 13.0. The molecule has 0 heterocycles. The van der Waals surface area contributed by atoms with Gasteiger partial charge in [-0.05, 0) is 91.4 Å². The Morgan fingerprint density at radius 2 is 1.55 bits per heavy atom. The van der Waals surface area contributed by atoms with E-state index in [-0.39, 0.29) is 35.9 Å². The summed E-state index contributed by atoms with van der Waals surface area (Å²) in [6.45, 7) is 22.7.